The molecule has 0 aliphatic carbocycles. The smallest absolute Gasteiger partial charge is 0.341 e. The van der Waals surface area contributed by atoms with Crippen molar-refractivity contribution in [2.24, 2.45) is 0 Å². The summed E-state index contributed by atoms with van der Waals surface area (Å²) in [7, 11) is 1.56. The normalized spacial score (nSPS) is 10.3. The molecule has 0 saturated carbocycles. The van der Waals surface area contributed by atoms with Gasteiger partial charge in [-0.15, -0.1) is 0 Å². The molecule has 1 aromatic heterocycles. The first kappa shape index (κ1) is 20.5. The van der Waals surface area contributed by atoms with Gasteiger partial charge in [-0.1, -0.05) is 35.0 Å². The molecule has 1 heterocycles. The highest BCUT2D eigenvalue weighted by atomic mass is 16.6. The van der Waals surface area contributed by atoms with Gasteiger partial charge in [0.05, 0.1) is 10.5 Å². The number of nitro benzene ring substituents is 1. The van der Waals surface area contributed by atoms with E-state index >= 15 is 0 Å². The predicted octanol–water partition coefficient (Wildman–Crippen LogP) is 3.40. The van der Waals surface area contributed by atoms with Gasteiger partial charge in [0.15, 0.2) is 6.61 Å². The second-order valence-corrected chi connectivity index (χ2v) is 6.30. The van der Waals surface area contributed by atoms with Crippen molar-refractivity contribution in [1.29, 1.82) is 0 Å². The summed E-state index contributed by atoms with van der Waals surface area (Å²) >= 11 is 0. The summed E-state index contributed by atoms with van der Waals surface area (Å²) in [5.74, 6) is -1.43. The predicted molar refractivity (Wildman–Crippen MR) is 108 cm³/mol. The number of amides is 1. The van der Waals surface area contributed by atoms with E-state index in [4.69, 9.17) is 9.26 Å². The molecule has 10 nitrogen and oxygen atoms in total. The first-order valence-electron chi connectivity index (χ1n) is 8.84. The summed E-state index contributed by atoms with van der Waals surface area (Å²) < 4.78 is 10.1. The van der Waals surface area contributed by atoms with E-state index in [0.717, 1.165) is 17.2 Å². The third kappa shape index (κ3) is 4.79. The van der Waals surface area contributed by atoms with Crippen molar-refractivity contribution >= 4 is 29.1 Å². The molecule has 2 aromatic carbocycles. The highest BCUT2D eigenvalue weighted by molar-refractivity contribution is 5.98. The van der Waals surface area contributed by atoms with Crippen molar-refractivity contribution in [3.8, 4) is 11.3 Å². The Balaban J connectivity index is 1.61. The quantitative estimate of drug-likeness (QED) is 0.343. The Kier molecular flexibility index (Phi) is 6.06. The molecule has 30 heavy (non-hydrogen) atoms. The Morgan fingerprint density at radius 3 is 2.57 bits per heavy atom. The number of hydrogen-bond acceptors (Lipinski definition) is 8. The zero-order valence-electron chi connectivity index (χ0n) is 16.2. The lowest BCUT2D eigenvalue weighted by Gasteiger charge is -2.09. The number of esters is 1. The number of anilines is 2. The number of rotatable bonds is 7. The van der Waals surface area contributed by atoms with Gasteiger partial charge in [-0.25, -0.2) is 4.79 Å². The second-order valence-electron chi connectivity index (χ2n) is 6.30. The summed E-state index contributed by atoms with van der Waals surface area (Å²) in [5.41, 5.74) is 2.47. The van der Waals surface area contributed by atoms with Gasteiger partial charge in [-0.3, -0.25) is 20.2 Å². The highest BCUT2D eigenvalue weighted by Crippen LogP contribution is 2.23. The topological polar surface area (TPSA) is 137 Å². The van der Waals surface area contributed by atoms with Crippen LogP contribution in [-0.2, 0) is 9.53 Å². The van der Waals surface area contributed by atoms with Crippen molar-refractivity contribution in [1.82, 2.24) is 5.16 Å². The molecule has 0 fully saturated rings. The molecule has 0 atom stereocenters. The molecule has 1 amide bonds. The van der Waals surface area contributed by atoms with Gasteiger partial charge in [0, 0.05) is 36.5 Å². The third-order valence-electron chi connectivity index (χ3n) is 4.16. The van der Waals surface area contributed by atoms with Gasteiger partial charge >= 0.3 is 5.97 Å². The van der Waals surface area contributed by atoms with Crippen molar-refractivity contribution in [2.75, 3.05) is 24.3 Å². The van der Waals surface area contributed by atoms with Crippen LogP contribution >= 0.6 is 0 Å². The van der Waals surface area contributed by atoms with Gasteiger partial charge in [0.2, 0.25) is 5.88 Å². The second kappa shape index (κ2) is 8.86. The van der Waals surface area contributed by atoms with Crippen LogP contribution in [0.25, 0.3) is 11.3 Å². The number of aromatic nitrogens is 1. The molecule has 0 unspecified atom stereocenters. The number of nitrogens with zero attached hydrogens (tertiary/aromatic N) is 2. The minimum absolute atomic E-state index is 0.0548. The Morgan fingerprint density at radius 2 is 1.90 bits per heavy atom. The maximum atomic E-state index is 12.3. The summed E-state index contributed by atoms with van der Waals surface area (Å²) in [6, 6.07) is 12.9. The van der Waals surface area contributed by atoms with E-state index in [2.05, 4.69) is 15.8 Å². The fourth-order valence-corrected chi connectivity index (χ4v) is 2.61. The Hall–Kier alpha value is -4.21. The van der Waals surface area contributed by atoms with E-state index in [1.807, 2.05) is 31.2 Å². The van der Waals surface area contributed by atoms with E-state index in [-0.39, 0.29) is 17.1 Å². The van der Waals surface area contributed by atoms with Gasteiger partial charge in [0.1, 0.15) is 5.69 Å². The van der Waals surface area contributed by atoms with Gasteiger partial charge in [-0.2, -0.15) is 0 Å². The fourth-order valence-electron chi connectivity index (χ4n) is 2.61. The summed E-state index contributed by atoms with van der Waals surface area (Å²) in [6.07, 6.45) is 0. The number of benzene rings is 2. The molecule has 2 N–H and O–H groups in total. The summed E-state index contributed by atoms with van der Waals surface area (Å²) in [5, 5.41) is 20.0. The third-order valence-corrected chi connectivity index (χ3v) is 4.16. The lowest BCUT2D eigenvalue weighted by molar-refractivity contribution is -0.384. The number of nitrogens with one attached hydrogen (secondary N) is 2. The molecule has 3 rings (SSSR count). The van der Waals surface area contributed by atoms with Crippen molar-refractivity contribution in [3.63, 3.8) is 0 Å². The number of nitro groups is 1. The van der Waals surface area contributed by atoms with Gasteiger partial charge < -0.3 is 14.6 Å². The number of carbonyl (C=O) groups excluding carboxylic acids is 2. The van der Waals surface area contributed by atoms with Crippen LogP contribution in [0.3, 0.4) is 0 Å². The maximum Gasteiger partial charge on any atom is 0.341 e. The minimum Gasteiger partial charge on any atom is -0.452 e. The average molecular weight is 410 g/mol. The molecule has 154 valence electrons. The first-order valence-corrected chi connectivity index (χ1v) is 8.84. The van der Waals surface area contributed by atoms with Crippen LogP contribution in [0.1, 0.15) is 15.9 Å². The van der Waals surface area contributed by atoms with Crippen LogP contribution in [-0.4, -0.2) is 35.6 Å². The zero-order valence-corrected chi connectivity index (χ0v) is 16.2. The fraction of sp³-hybridized carbons (Fsp3) is 0.150. The number of ether oxygens (including phenoxy) is 1. The molecule has 0 aliphatic rings. The molecule has 0 aliphatic heterocycles. The minimum atomic E-state index is -0.879. The highest BCUT2D eigenvalue weighted by Gasteiger charge is 2.19. The molecule has 0 bridgehead atoms. The maximum absolute atomic E-state index is 12.3. The molecule has 0 saturated heterocycles. The molecular weight excluding hydrogens is 392 g/mol. The number of aryl methyl sites for hydroxylation is 1. The van der Waals surface area contributed by atoms with Crippen LogP contribution in [0.4, 0.5) is 17.3 Å². The average Bonchev–Trinajstić information content (AvgIpc) is 3.20. The SMILES string of the molecule is CNc1ccc([N+](=O)[O-])cc1C(=O)OCC(=O)Nc1cc(-c2ccc(C)cc2)no1. The Bertz CT molecular complexity index is 1090. The summed E-state index contributed by atoms with van der Waals surface area (Å²) in [6.45, 7) is 1.36. The largest absolute Gasteiger partial charge is 0.452 e. The van der Waals surface area contributed by atoms with Crippen LogP contribution < -0.4 is 10.6 Å². The van der Waals surface area contributed by atoms with Crippen LogP contribution in [0.5, 0.6) is 0 Å². The summed E-state index contributed by atoms with van der Waals surface area (Å²) in [4.78, 5) is 34.6. The van der Waals surface area contributed by atoms with Gasteiger partial charge in [-0.05, 0) is 13.0 Å². The van der Waals surface area contributed by atoms with Crippen molar-refractivity contribution < 1.29 is 23.8 Å². The molecule has 3 aromatic rings. The van der Waals surface area contributed by atoms with E-state index < -0.39 is 23.4 Å². The zero-order chi connectivity index (χ0) is 21.7. The van der Waals surface area contributed by atoms with Crippen LogP contribution in [0.15, 0.2) is 53.1 Å². The van der Waals surface area contributed by atoms with E-state index in [0.29, 0.717) is 11.4 Å². The van der Waals surface area contributed by atoms with E-state index in [1.54, 1.807) is 13.1 Å². The number of hydrogen-bond donors (Lipinski definition) is 2. The molecule has 10 heteroatoms. The van der Waals surface area contributed by atoms with Crippen molar-refractivity contribution in [3.05, 3.63) is 69.8 Å². The Morgan fingerprint density at radius 1 is 1.17 bits per heavy atom. The molecular formula is C20H18N4O6. The van der Waals surface area contributed by atoms with E-state index in [1.165, 1.54) is 12.1 Å². The monoisotopic (exact) mass is 410 g/mol. The first-order chi connectivity index (χ1) is 14.4. The number of carbonyl (C=O) groups is 2. The van der Waals surface area contributed by atoms with E-state index in [9.17, 15) is 19.7 Å². The van der Waals surface area contributed by atoms with Gasteiger partial charge in [0.25, 0.3) is 11.6 Å². The number of non-ortho nitro benzene ring substituents is 1. The molecule has 0 spiro atoms. The molecule has 0 radical (unpaired) electrons. The lowest BCUT2D eigenvalue weighted by atomic mass is 10.1. The Labute approximate surface area is 171 Å². The lowest BCUT2D eigenvalue weighted by Crippen LogP contribution is -2.21. The standard InChI is InChI=1S/C20H18N4O6/c1-12-3-5-13(6-4-12)17-10-19(30-23-17)22-18(25)11-29-20(26)15-9-14(24(27)28)7-8-16(15)21-2/h3-10,21H,11H2,1-2H3,(H,22,25). The van der Waals surface area contributed by atoms with Crippen LogP contribution in [0, 0.1) is 17.0 Å². The van der Waals surface area contributed by atoms with Crippen molar-refractivity contribution in [2.45, 2.75) is 6.92 Å². The van der Waals surface area contributed by atoms with Crippen LogP contribution in [0.2, 0.25) is 0 Å².